The molecule has 5 heteroatoms. The van der Waals surface area contributed by atoms with E-state index in [0.717, 1.165) is 6.42 Å². The highest BCUT2D eigenvalue weighted by Gasteiger charge is 2.20. The number of carbonyl (C=O) groups is 1. The van der Waals surface area contributed by atoms with Gasteiger partial charge in [0.2, 0.25) is 0 Å². The topological polar surface area (TPSA) is 44.1 Å². The average molecular weight is 276 g/mol. The molecule has 0 radical (unpaired) electrons. The Morgan fingerprint density at radius 2 is 2.15 bits per heavy atom. The maximum Gasteiger partial charge on any atom is 0.189 e. The van der Waals surface area contributed by atoms with Crippen molar-refractivity contribution < 1.29 is 13.9 Å². The predicted octanol–water partition coefficient (Wildman–Crippen LogP) is 2.87. The van der Waals surface area contributed by atoms with Crippen molar-refractivity contribution in [2.24, 2.45) is 0 Å². The molecule has 0 aliphatic heterocycles. The van der Waals surface area contributed by atoms with Crippen LogP contribution in [0.2, 0.25) is 0 Å². The fourth-order valence-electron chi connectivity index (χ4n) is 2.08. The quantitative estimate of drug-likeness (QED) is 0.762. The summed E-state index contributed by atoms with van der Waals surface area (Å²) in [6.07, 6.45) is 2.37. The molecule has 0 N–H and O–H groups in total. The van der Waals surface area contributed by atoms with Crippen molar-refractivity contribution in [3.63, 3.8) is 0 Å². The Morgan fingerprint density at radius 3 is 2.80 bits per heavy atom. The molecule has 0 unspecified atom stereocenters. The molecule has 4 nitrogen and oxygen atoms in total. The number of hydrogen-bond acceptors (Lipinski definition) is 3. The number of nitrogens with zero attached hydrogens (tertiary/aromatic N) is 2. The Hall–Kier alpha value is -2.17. The minimum absolute atomic E-state index is 0.00155. The Balaban J connectivity index is 2.29. The zero-order valence-electron chi connectivity index (χ0n) is 11.6. The number of rotatable bonds is 6. The van der Waals surface area contributed by atoms with Crippen LogP contribution in [-0.2, 0) is 13.0 Å². The third-order valence-corrected chi connectivity index (χ3v) is 3.03. The number of Topliss-reactive ketones (excluding diaryl/α,β-unsaturated/α-hetero) is 1. The number of ether oxygens (including phenoxy) is 1. The molecule has 0 amide bonds. The van der Waals surface area contributed by atoms with E-state index in [4.69, 9.17) is 4.74 Å². The summed E-state index contributed by atoms with van der Waals surface area (Å²) in [5.74, 6) is -0.140. The zero-order valence-corrected chi connectivity index (χ0v) is 11.6. The summed E-state index contributed by atoms with van der Waals surface area (Å²) in [7, 11) is 1.49. The number of carbonyl (C=O) groups excluding carboxylic acids is 1. The van der Waals surface area contributed by atoms with E-state index in [0.29, 0.717) is 23.6 Å². The first kappa shape index (κ1) is 14.2. The van der Waals surface area contributed by atoms with Gasteiger partial charge in [0.1, 0.15) is 11.5 Å². The molecule has 0 spiro atoms. The average Bonchev–Trinajstić information content (AvgIpc) is 2.85. The van der Waals surface area contributed by atoms with E-state index in [2.05, 4.69) is 5.10 Å². The fraction of sp³-hybridized carbons (Fsp3) is 0.333. The molecular formula is C15H17FN2O2. The summed E-state index contributed by atoms with van der Waals surface area (Å²) >= 11 is 0. The van der Waals surface area contributed by atoms with Crippen LogP contribution in [0.5, 0.6) is 5.75 Å². The third kappa shape index (κ3) is 2.87. The molecule has 106 valence electrons. The van der Waals surface area contributed by atoms with Crippen molar-refractivity contribution in [3.8, 4) is 5.75 Å². The lowest BCUT2D eigenvalue weighted by Crippen LogP contribution is -2.14. The summed E-state index contributed by atoms with van der Waals surface area (Å²) in [6, 6.07) is 6.28. The van der Waals surface area contributed by atoms with Crippen LogP contribution in [0.1, 0.15) is 29.4 Å². The Morgan fingerprint density at radius 1 is 1.40 bits per heavy atom. The molecule has 0 atom stereocenters. The van der Waals surface area contributed by atoms with Gasteiger partial charge in [-0.2, -0.15) is 5.10 Å². The van der Waals surface area contributed by atoms with Crippen molar-refractivity contribution in [2.45, 2.75) is 26.3 Å². The van der Waals surface area contributed by atoms with E-state index in [1.807, 2.05) is 6.92 Å². The van der Waals surface area contributed by atoms with E-state index in [1.54, 1.807) is 22.9 Å². The number of ketones is 1. The number of benzene rings is 1. The molecule has 1 aromatic heterocycles. The molecule has 0 aliphatic carbocycles. The largest absolute Gasteiger partial charge is 0.493 e. The van der Waals surface area contributed by atoms with Crippen molar-refractivity contribution in [1.82, 2.24) is 9.78 Å². The van der Waals surface area contributed by atoms with E-state index >= 15 is 0 Å². The fourth-order valence-corrected chi connectivity index (χ4v) is 2.08. The smallest absolute Gasteiger partial charge is 0.189 e. The van der Waals surface area contributed by atoms with E-state index in [-0.39, 0.29) is 18.0 Å². The van der Waals surface area contributed by atoms with Gasteiger partial charge in [0.05, 0.1) is 13.3 Å². The Kier molecular flexibility index (Phi) is 4.50. The SMILES string of the molecule is CCCn1ncc(OC)c1C(=O)Cc1ccccc1F. The van der Waals surface area contributed by atoms with Crippen LogP contribution in [0.15, 0.2) is 30.5 Å². The van der Waals surface area contributed by atoms with Gasteiger partial charge in [-0.3, -0.25) is 9.48 Å². The van der Waals surface area contributed by atoms with Crippen molar-refractivity contribution in [2.75, 3.05) is 7.11 Å². The van der Waals surface area contributed by atoms with Crippen LogP contribution in [0.3, 0.4) is 0 Å². The minimum atomic E-state index is -0.374. The van der Waals surface area contributed by atoms with E-state index < -0.39 is 0 Å². The first-order chi connectivity index (χ1) is 9.67. The normalized spacial score (nSPS) is 10.6. The maximum atomic E-state index is 13.6. The second kappa shape index (κ2) is 6.32. The highest BCUT2D eigenvalue weighted by molar-refractivity contribution is 5.98. The van der Waals surface area contributed by atoms with Crippen molar-refractivity contribution >= 4 is 5.78 Å². The Bertz CT molecular complexity index is 608. The minimum Gasteiger partial charge on any atom is -0.493 e. The standard InChI is InChI=1S/C15H17FN2O2/c1-3-8-18-15(14(20-2)10-17-18)13(19)9-11-6-4-5-7-12(11)16/h4-7,10H,3,8-9H2,1-2H3. The first-order valence-corrected chi connectivity index (χ1v) is 6.53. The van der Waals surface area contributed by atoms with E-state index in [1.165, 1.54) is 19.4 Å². The molecule has 2 rings (SSSR count). The lowest BCUT2D eigenvalue weighted by atomic mass is 10.1. The predicted molar refractivity (Wildman–Crippen MR) is 73.5 cm³/mol. The molecule has 0 saturated heterocycles. The van der Waals surface area contributed by atoms with Gasteiger partial charge in [0.25, 0.3) is 0 Å². The van der Waals surface area contributed by atoms with Crippen molar-refractivity contribution in [3.05, 3.63) is 47.5 Å². The maximum absolute atomic E-state index is 13.6. The molecular weight excluding hydrogens is 259 g/mol. The number of aryl methyl sites for hydroxylation is 1. The molecule has 2 aromatic rings. The van der Waals surface area contributed by atoms with Gasteiger partial charge in [-0.1, -0.05) is 25.1 Å². The third-order valence-electron chi connectivity index (χ3n) is 3.03. The summed E-state index contributed by atoms with van der Waals surface area (Å²) in [4.78, 5) is 12.4. The van der Waals surface area contributed by atoms with Gasteiger partial charge in [-0.05, 0) is 18.1 Å². The highest BCUT2D eigenvalue weighted by atomic mass is 19.1. The highest BCUT2D eigenvalue weighted by Crippen LogP contribution is 2.21. The molecule has 0 saturated carbocycles. The van der Waals surface area contributed by atoms with Crippen LogP contribution >= 0.6 is 0 Å². The second-order valence-corrected chi connectivity index (χ2v) is 4.48. The van der Waals surface area contributed by atoms with Gasteiger partial charge in [-0.15, -0.1) is 0 Å². The monoisotopic (exact) mass is 276 g/mol. The van der Waals surface area contributed by atoms with Crippen molar-refractivity contribution in [1.29, 1.82) is 0 Å². The van der Waals surface area contributed by atoms with Gasteiger partial charge < -0.3 is 4.74 Å². The first-order valence-electron chi connectivity index (χ1n) is 6.53. The summed E-state index contributed by atoms with van der Waals surface area (Å²) < 4.78 is 20.4. The van der Waals surface area contributed by atoms with Gasteiger partial charge >= 0.3 is 0 Å². The Labute approximate surface area is 117 Å². The number of methoxy groups -OCH3 is 1. The number of halogens is 1. The lowest BCUT2D eigenvalue weighted by Gasteiger charge is -2.08. The van der Waals surface area contributed by atoms with Crippen LogP contribution in [-0.4, -0.2) is 22.7 Å². The molecule has 0 aliphatic rings. The van der Waals surface area contributed by atoms with Gasteiger partial charge in [0.15, 0.2) is 11.5 Å². The van der Waals surface area contributed by atoms with Crippen LogP contribution in [0, 0.1) is 5.82 Å². The van der Waals surface area contributed by atoms with Crippen LogP contribution < -0.4 is 4.74 Å². The molecule has 0 fully saturated rings. The zero-order chi connectivity index (χ0) is 14.5. The molecule has 1 aromatic carbocycles. The molecule has 1 heterocycles. The summed E-state index contributed by atoms with van der Waals surface area (Å²) in [5.41, 5.74) is 0.779. The lowest BCUT2D eigenvalue weighted by molar-refractivity contribution is 0.0978. The van der Waals surface area contributed by atoms with Gasteiger partial charge in [0, 0.05) is 13.0 Å². The van der Waals surface area contributed by atoms with E-state index in [9.17, 15) is 9.18 Å². The number of aromatic nitrogens is 2. The second-order valence-electron chi connectivity index (χ2n) is 4.48. The van der Waals surface area contributed by atoms with Crippen LogP contribution in [0.25, 0.3) is 0 Å². The molecule has 20 heavy (non-hydrogen) atoms. The molecule has 0 bridgehead atoms. The van der Waals surface area contributed by atoms with Gasteiger partial charge in [-0.25, -0.2) is 4.39 Å². The summed E-state index contributed by atoms with van der Waals surface area (Å²) in [6.45, 7) is 2.63. The van der Waals surface area contributed by atoms with Crippen LogP contribution in [0.4, 0.5) is 4.39 Å². The summed E-state index contributed by atoms with van der Waals surface area (Å²) in [5, 5.41) is 4.14. The number of hydrogen-bond donors (Lipinski definition) is 0.